The first-order valence-electron chi connectivity index (χ1n) is 6.47. The minimum atomic E-state index is -0.435. The van der Waals surface area contributed by atoms with Gasteiger partial charge in [-0.15, -0.1) is 0 Å². The van der Waals surface area contributed by atoms with E-state index in [2.05, 4.69) is 15.5 Å². The van der Waals surface area contributed by atoms with Gasteiger partial charge in [0, 0.05) is 11.6 Å². The zero-order valence-corrected chi connectivity index (χ0v) is 11.0. The molecular weight excluding hydrogens is 259 g/mol. The van der Waals surface area contributed by atoms with Crippen LogP contribution in [-0.4, -0.2) is 16.1 Å². The smallest absolute Gasteiger partial charge is 0.278 e. The van der Waals surface area contributed by atoms with Gasteiger partial charge in [0.15, 0.2) is 5.69 Å². The number of benzene rings is 1. The number of amides is 1. The summed E-state index contributed by atoms with van der Waals surface area (Å²) in [5.41, 5.74) is 8.42. The Labute approximate surface area is 115 Å². The molecule has 6 heteroatoms. The van der Waals surface area contributed by atoms with Crippen LogP contribution in [0.1, 0.15) is 40.5 Å². The van der Waals surface area contributed by atoms with Crippen molar-refractivity contribution in [2.24, 2.45) is 0 Å². The molecule has 1 aromatic heterocycles. The van der Waals surface area contributed by atoms with Gasteiger partial charge in [0.2, 0.25) is 0 Å². The molecule has 0 atom stereocenters. The summed E-state index contributed by atoms with van der Waals surface area (Å²) in [7, 11) is 0. The van der Waals surface area contributed by atoms with Crippen molar-refractivity contribution >= 4 is 17.3 Å². The summed E-state index contributed by atoms with van der Waals surface area (Å²) in [6, 6.07) is 4.34. The first-order valence-corrected chi connectivity index (χ1v) is 6.47. The fourth-order valence-corrected chi connectivity index (χ4v) is 2.22. The molecule has 1 aliphatic rings. The minimum Gasteiger partial charge on any atom is -0.395 e. The molecule has 1 fully saturated rings. The summed E-state index contributed by atoms with van der Waals surface area (Å²) in [5, 5.41) is 9.39. The van der Waals surface area contributed by atoms with Crippen molar-refractivity contribution in [3.63, 3.8) is 0 Å². The Balaban J connectivity index is 1.82. The molecule has 0 saturated heterocycles. The van der Waals surface area contributed by atoms with Crippen molar-refractivity contribution in [3.8, 4) is 0 Å². The largest absolute Gasteiger partial charge is 0.395 e. The van der Waals surface area contributed by atoms with Crippen LogP contribution in [0, 0.1) is 12.7 Å². The third-order valence-corrected chi connectivity index (χ3v) is 3.33. The van der Waals surface area contributed by atoms with E-state index in [-0.39, 0.29) is 5.69 Å². The van der Waals surface area contributed by atoms with E-state index in [9.17, 15) is 9.18 Å². The molecule has 20 heavy (non-hydrogen) atoms. The predicted octanol–water partition coefficient (Wildman–Crippen LogP) is 2.57. The predicted molar refractivity (Wildman–Crippen MR) is 74.1 cm³/mol. The van der Waals surface area contributed by atoms with E-state index in [4.69, 9.17) is 5.73 Å². The number of halogens is 1. The molecule has 1 heterocycles. The second kappa shape index (κ2) is 4.63. The molecular formula is C14H15FN4O. The molecule has 0 spiro atoms. The maximum Gasteiger partial charge on any atom is 0.278 e. The first kappa shape index (κ1) is 12.7. The summed E-state index contributed by atoms with van der Waals surface area (Å²) in [5.74, 6) is -0.440. The molecule has 1 aromatic carbocycles. The van der Waals surface area contributed by atoms with Gasteiger partial charge in [-0.3, -0.25) is 9.89 Å². The Kier molecular flexibility index (Phi) is 2.93. The Morgan fingerprint density at radius 2 is 2.20 bits per heavy atom. The fourth-order valence-electron chi connectivity index (χ4n) is 2.22. The number of anilines is 2. The number of hydrogen-bond donors (Lipinski definition) is 3. The van der Waals surface area contributed by atoms with Gasteiger partial charge >= 0.3 is 0 Å². The van der Waals surface area contributed by atoms with Crippen LogP contribution in [0.2, 0.25) is 0 Å². The highest BCUT2D eigenvalue weighted by molar-refractivity contribution is 6.06. The van der Waals surface area contributed by atoms with Gasteiger partial charge in [0.25, 0.3) is 5.91 Å². The number of nitrogens with zero attached hydrogens (tertiary/aromatic N) is 1. The molecule has 1 amide bonds. The van der Waals surface area contributed by atoms with E-state index in [1.165, 1.54) is 12.1 Å². The molecule has 1 aliphatic carbocycles. The van der Waals surface area contributed by atoms with Gasteiger partial charge in [-0.05, 0) is 43.5 Å². The maximum atomic E-state index is 13.3. The van der Waals surface area contributed by atoms with E-state index in [0.717, 1.165) is 24.1 Å². The molecule has 2 aromatic rings. The normalized spacial score (nSPS) is 14.3. The number of aromatic amines is 1. The average Bonchev–Trinajstić information content (AvgIpc) is 3.11. The summed E-state index contributed by atoms with van der Waals surface area (Å²) in [6.45, 7) is 1.76. The number of carbonyl (C=O) groups is 1. The van der Waals surface area contributed by atoms with Crippen LogP contribution in [0.25, 0.3) is 0 Å². The van der Waals surface area contributed by atoms with Gasteiger partial charge < -0.3 is 11.1 Å². The SMILES string of the molecule is Cc1cc(F)cc(NC(=O)c2n[nH]c(C3CC3)c2N)c1. The number of aryl methyl sites for hydroxylation is 1. The molecule has 0 bridgehead atoms. The van der Waals surface area contributed by atoms with Crippen LogP contribution < -0.4 is 11.1 Å². The standard InChI is InChI=1S/C14H15FN4O/c1-7-4-9(15)6-10(5-7)17-14(20)13-11(16)12(18-19-13)8-2-3-8/h4-6,8H,2-3,16H2,1H3,(H,17,20)(H,18,19). The second-order valence-electron chi connectivity index (χ2n) is 5.15. The summed E-state index contributed by atoms with van der Waals surface area (Å²) in [4.78, 5) is 12.1. The monoisotopic (exact) mass is 274 g/mol. The summed E-state index contributed by atoms with van der Waals surface area (Å²) in [6.07, 6.45) is 2.13. The second-order valence-corrected chi connectivity index (χ2v) is 5.15. The van der Waals surface area contributed by atoms with Crippen molar-refractivity contribution in [3.05, 3.63) is 41.0 Å². The Hall–Kier alpha value is -2.37. The van der Waals surface area contributed by atoms with Crippen LogP contribution in [0.5, 0.6) is 0 Å². The fraction of sp³-hybridized carbons (Fsp3) is 0.286. The molecule has 5 nitrogen and oxygen atoms in total. The number of hydrogen-bond acceptors (Lipinski definition) is 3. The maximum absolute atomic E-state index is 13.3. The summed E-state index contributed by atoms with van der Waals surface area (Å²) < 4.78 is 13.3. The highest BCUT2D eigenvalue weighted by Crippen LogP contribution is 2.42. The quantitative estimate of drug-likeness (QED) is 0.804. The van der Waals surface area contributed by atoms with Crippen LogP contribution in [0.4, 0.5) is 15.8 Å². The molecule has 1 saturated carbocycles. The number of H-pyrrole nitrogens is 1. The number of nitrogen functional groups attached to an aromatic ring is 1. The van der Waals surface area contributed by atoms with E-state index in [1.807, 2.05) is 0 Å². The van der Waals surface area contributed by atoms with Crippen molar-refractivity contribution in [1.29, 1.82) is 0 Å². The van der Waals surface area contributed by atoms with Gasteiger partial charge in [0.1, 0.15) is 5.82 Å². The topological polar surface area (TPSA) is 83.8 Å². The number of rotatable bonds is 3. The molecule has 104 valence electrons. The van der Waals surface area contributed by atoms with Gasteiger partial charge in [-0.25, -0.2) is 4.39 Å². The van der Waals surface area contributed by atoms with Crippen molar-refractivity contribution in [1.82, 2.24) is 10.2 Å². The lowest BCUT2D eigenvalue weighted by Gasteiger charge is -2.05. The highest BCUT2D eigenvalue weighted by atomic mass is 19.1. The van der Waals surface area contributed by atoms with E-state index in [1.54, 1.807) is 13.0 Å². The highest BCUT2D eigenvalue weighted by Gasteiger charge is 2.30. The number of aromatic nitrogens is 2. The number of carbonyl (C=O) groups excluding carboxylic acids is 1. The lowest BCUT2D eigenvalue weighted by Crippen LogP contribution is -2.14. The van der Waals surface area contributed by atoms with E-state index < -0.39 is 11.7 Å². The first-order chi connectivity index (χ1) is 9.54. The third kappa shape index (κ3) is 2.36. The zero-order valence-electron chi connectivity index (χ0n) is 11.0. The van der Waals surface area contributed by atoms with E-state index >= 15 is 0 Å². The molecule has 3 rings (SSSR count). The van der Waals surface area contributed by atoms with Crippen molar-refractivity contribution in [2.75, 3.05) is 11.1 Å². The van der Waals surface area contributed by atoms with Crippen LogP contribution in [0.15, 0.2) is 18.2 Å². The molecule has 0 radical (unpaired) electrons. The Bertz CT molecular complexity index is 656. The van der Waals surface area contributed by atoms with Crippen LogP contribution in [-0.2, 0) is 0 Å². The molecule has 4 N–H and O–H groups in total. The lowest BCUT2D eigenvalue weighted by molar-refractivity contribution is 0.102. The van der Waals surface area contributed by atoms with Gasteiger partial charge in [0.05, 0.1) is 11.4 Å². The Morgan fingerprint density at radius 3 is 2.85 bits per heavy atom. The van der Waals surface area contributed by atoms with Gasteiger partial charge in [-0.1, -0.05) is 0 Å². The number of nitrogens with two attached hydrogens (primary N) is 1. The molecule has 0 unspecified atom stereocenters. The Morgan fingerprint density at radius 1 is 1.45 bits per heavy atom. The van der Waals surface area contributed by atoms with Crippen molar-refractivity contribution < 1.29 is 9.18 Å². The number of nitrogens with one attached hydrogen (secondary N) is 2. The van der Waals surface area contributed by atoms with Crippen LogP contribution in [0.3, 0.4) is 0 Å². The summed E-state index contributed by atoms with van der Waals surface area (Å²) >= 11 is 0. The third-order valence-electron chi connectivity index (χ3n) is 3.33. The lowest BCUT2D eigenvalue weighted by atomic mass is 10.2. The minimum absolute atomic E-state index is 0.161. The van der Waals surface area contributed by atoms with Crippen LogP contribution >= 0.6 is 0 Å². The van der Waals surface area contributed by atoms with Gasteiger partial charge in [-0.2, -0.15) is 5.10 Å². The molecule has 0 aliphatic heterocycles. The van der Waals surface area contributed by atoms with E-state index in [0.29, 0.717) is 17.3 Å². The zero-order chi connectivity index (χ0) is 14.3. The van der Waals surface area contributed by atoms with Crippen molar-refractivity contribution in [2.45, 2.75) is 25.7 Å². The average molecular weight is 274 g/mol.